The van der Waals surface area contributed by atoms with Crippen LogP contribution in [0.4, 0.5) is 15.7 Å². The monoisotopic (exact) mass is 529 g/mol. The smallest absolute Gasteiger partial charge is 0.404 e. The molecule has 0 spiro atoms. The number of fused-ring (bicyclic) bond motifs is 2. The van der Waals surface area contributed by atoms with Crippen molar-refractivity contribution in [2.75, 3.05) is 36.1 Å². The molecule has 12 nitrogen and oxygen atoms in total. The maximum Gasteiger partial charge on any atom is 0.404 e. The number of nitrogens with one attached hydrogen (secondary N) is 3. The molecule has 4 aromatic rings. The SMILES string of the molecule is CS(=O)(=O)c1ccc2nc(NC(=O)C3(CNC(=O)O)CCN(c4ncnc5[nH]ccc45)CC3)sc2c1. The average molecular weight is 530 g/mol. The Kier molecular flexibility index (Phi) is 6.00. The molecule has 1 aromatic carbocycles. The molecule has 2 amide bonds. The van der Waals surface area contributed by atoms with E-state index in [1.165, 1.54) is 29.8 Å². The van der Waals surface area contributed by atoms with Gasteiger partial charge in [-0.25, -0.2) is 28.2 Å². The second-order valence-corrected chi connectivity index (χ2v) is 11.8. The summed E-state index contributed by atoms with van der Waals surface area (Å²) in [5.41, 5.74) is 0.293. The van der Waals surface area contributed by atoms with E-state index in [4.69, 9.17) is 0 Å². The maximum atomic E-state index is 13.5. The van der Waals surface area contributed by atoms with Crippen molar-refractivity contribution in [2.24, 2.45) is 5.41 Å². The highest BCUT2D eigenvalue weighted by atomic mass is 32.2. The molecule has 0 bridgehead atoms. The summed E-state index contributed by atoms with van der Waals surface area (Å²) in [6.45, 7) is 0.932. The lowest BCUT2D eigenvalue weighted by Crippen LogP contribution is -2.52. The number of H-pyrrole nitrogens is 1. The second kappa shape index (κ2) is 9.02. The van der Waals surface area contributed by atoms with Crippen molar-refractivity contribution < 1.29 is 23.1 Å². The van der Waals surface area contributed by atoms with Gasteiger partial charge in [0.05, 0.1) is 25.9 Å². The third-order valence-electron chi connectivity index (χ3n) is 6.42. The minimum Gasteiger partial charge on any atom is -0.465 e. The van der Waals surface area contributed by atoms with E-state index in [1.807, 2.05) is 6.07 Å². The number of hydrogen-bond donors (Lipinski definition) is 4. The van der Waals surface area contributed by atoms with Gasteiger partial charge in [-0.15, -0.1) is 0 Å². The molecule has 1 aliphatic heterocycles. The van der Waals surface area contributed by atoms with Crippen molar-refractivity contribution in [1.29, 1.82) is 0 Å². The van der Waals surface area contributed by atoms with Gasteiger partial charge in [0, 0.05) is 32.1 Å². The summed E-state index contributed by atoms with van der Waals surface area (Å²) in [6.07, 6.45) is 3.97. The molecule has 1 fully saturated rings. The van der Waals surface area contributed by atoms with Gasteiger partial charge in [-0.1, -0.05) is 11.3 Å². The van der Waals surface area contributed by atoms with E-state index < -0.39 is 21.3 Å². The predicted octanol–water partition coefficient (Wildman–Crippen LogP) is 2.46. The fraction of sp³-hybridized carbons (Fsp3) is 0.318. The molecule has 0 aliphatic carbocycles. The predicted molar refractivity (Wildman–Crippen MR) is 135 cm³/mol. The van der Waals surface area contributed by atoms with Crippen molar-refractivity contribution in [1.82, 2.24) is 25.3 Å². The number of aromatic nitrogens is 4. The van der Waals surface area contributed by atoms with Crippen LogP contribution < -0.4 is 15.5 Å². The normalized spacial score (nSPS) is 15.8. The largest absolute Gasteiger partial charge is 0.465 e. The molecule has 0 unspecified atom stereocenters. The summed E-state index contributed by atoms with van der Waals surface area (Å²) < 4.78 is 24.4. The fourth-order valence-electron chi connectivity index (χ4n) is 4.40. The van der Waals surface area contributed by atoms with E-state index >= 15 is 0 Å². The Morgan fingerprint density at radius 2 is 2.00 bits per heavy atom. The van der Waals surface area contributed by atoms with Crippen LogP contribution >= 0.6 is 11.3 Å². The first kappa shape index (κ1) is 23.9. The van der Waals surface area contributed by atoms with Gasteiger partial charge in [0.1, 0.15) is 17.8 Å². The number of thiazole rings is 1. The third kappa shape index (κ3) is 4.56. The number of carbonyl (C=O) groups is 2. The Hall–Kier alpha value is -3.78. The Morgan fingerprint density at radius 3 is 2.72 bits per heavy atom. The Labute approximate surface area is 209 Å². The number of benzene rings is 1. The summed E-state index contributed by atoms with van der Waals surface area (Å²) in [5.74, 6) is 0.419. The highest BCUT2D eigenvalue weighted by Crippen LogP contribution is 2.36. The van der Waals surface area contributed by atoms with Crippen LogP contribution in [0.5, 0.6) is 0 Å². The fourth-order valence-corrected chi connectivity index (χ4v) is 6.03. The van der Waals surface area contributed by atoms with Crippen molar-refractivity contribution in [3.8, 4) is 0 Å². The molecule has 36 heavy (non-hydrogen) atoms. The standard InChI is InChI=1S/C22H23N7O5S2/c1-36(33,34)13-2-3-15-16(10-13)35-20(27-15)28-19(30)22(11-24-21(31)32)5-8-29(9-6-22)18-14-4-7-23-17(14)25-12-26-18/h2-4,7,10,12,24H,5-6,8-9,11H2,1H3,(H,31,32)(H,23,25,26)(H,27,28,30). The Bertz CT molecular complexity index is 1570. The van der Waals surface area contributed by atoms with Crippen molar-refractivity contribution in [3.63, 3.8) is 0 Å². The van der Waals surface area contributed by atoms with Gasteiger partial charge >= 0.3 is 6.09 Å². The summed E-state index contributed by atoms with van der Waals surface area (Å²) >= 11 is 1.17. The molecule has 0 saturated carbocycles. The summed E-state index contributed by atoms with van der Waals surface area (Å²) in [7, 11) is -3.38. The number of nitrogens with zero attached hydrogens (tertiary/aromatic N) is 4. The second-order valence-electron chi connectivity index (χ2n) is 8.74. The van der Waals surface area contributed by atoms with Crippen molar-refractivity contribution in [2.45, 2.75) is 17.7 Å². The van der Waals surface area contributed by atoms with E-state index in [9.17, 15) is 23.1 Å². The number of amides is 2. The number of piperidine rings is 1. The topological polar surface area (TPSA) is 170 Å². The van der Waals surface area contributed by atoms with Gasteiger partial charge in [0.25, 0.3) is 0 Å². The van der Waals surface area contributed by atoms with Crippen LogP contribution in [0.3, 0.4) is 0 Å². The lowest BCUT2D eigenvalue weighted by Gasteiger charge is -2.40. The molecule has 4 heterocycles. The van der Waals surface area contributed by atoms with Crippen LogP contribution in [0.25, 0.3) is 21.3 Å². The minimum absolute atomic E-state index is 0.0472. The van der Waals surface area contributed by atoms with Crippen LogP contribution in [0.1, 0.15) is 12.8 Å². The first-order valence-electron chi connectivity index (χ1n) is 11.1. The molecule has 4 N–H and O–H groups in total. The molecule has 188 valence electrons. The van der Waals surface area contributed by atoms with E-state index in [2.05, 4.69) is 35.5 Å². The molecule has 5 rings (SSSR count). The number of rotatable bonds is 6. The molecule has 1 aliphatic rings. The van der Waals surface area contributed by atoms with Crippen LogP contribution in [0, 0.1) is 5.41 Å². The maximum absolute atomic E-state index is 13.5. The highest BCUT2D eigenvalue weighted by Gasteiger charge is 2.42. The highest BCUT2D eigenvalue weighted by molar-refractivity contribution is 7.90. The zero-order chi connectivity index (χ0) is 25.5. The third-order valence-corrected chi connectivity index (χ3v) is 8.47. The van der Waals surface area contributed by atoms with Gasteiger partial charge < -0.3 is 25.6 Å². The first-order valence-corrected chi connectivity index (χ1v) is 13.8. The van der Waals surface area contributed by atoms with Crippen LogP contribution in [-0.4, -0.2) is 71.4 Å². The summed E-state index contributed by atoms with van der Waals surface area (Å²) in [4.78, 5) is 43.1. The Morgan fingerprint density at radius 1 is 1.22 bits per heavy atom. The van der Waals surface area contributed by atoms with Gasteiger partial charge in [0.15, 0.2) is 15.0 Å². The number of aromatic amines is 1. The lowest BCUT2D eigenvalue weighted by molar-refractivity contribution is -0.126. The lowest BCUT2D eigenvalue weighted by atomic mass is 9.77. The molecule has 1 saturated heterocycles. The summed E-state index contributed by atoms with van der Waals surface area (Å²) in [5, 5.41) is 15.6. The number of sulfone groups is 1. The van der Waals surface area contributed by atoms with Crippen LogP contribution in [0.15, 0.2) is 41.7 Å². The number of hydrogen-bond acceptors (Lipinski definition) is 9. The molecular formula is C22H23N7O5S2. The molecule has 14 heteroatoms. The van der Waals surface area contributed by atoms with E-state index in [-0.39, 0.29) is 17.3 Å². The zero-order valence-corrected chi connectivity index (χ0v) is 20.8. The quantitative estimate of drug-likeness (QED) is 0.293. The van der Waals surface area contributed by atoms with E-state index in [0.717, 1.165) is 23.1 Å². The van der Waals surface area contributed by atoms with Crippen molar-refractivity contribution >= 4 is 65.4 Å². The first-order chi connectivity index (χ1) is 17.1. The molecule has 0 radical (unpaired) electrons. The van der Waals surface area contributed by atoms with E-state index in [1.54, 1.807) is 12.3 Å². The average Bonchev–Trinajstić information content (AvgIpc) is 3.48. The van der Waals surface area contributed by atoms with Gasteiger partial charge in [-0.3, -0.25) is 4.79 Å². The van der Waals surface area contributed by atoms with Crippen LogP contribution in [0.2, 0.25) is 0 Å². The van der Waals surface area contributed by atoms with Crippen molar-refractivity contribution in [3.05, 3.63) is 36.8 Å². The molecular weight excluding hydrogens is 506 g/mol. The van der Waals surface area contributed by atoms with Gasteiger partial charge in [-0.05, 0) is 37.1 Å². The number of carboxylic acid groups (broad SMARTS) is 1. The van der Waals surface area contributed by atoms with Crippen LogP contribution in [-0.2, 0) is 14.6 Å². The minimum atomic E-state index is -3.38. The van der Waals surface area contributed by atoms with Gasteiger partial charge in [-0.2, -0.15) is 0 Å². The number of anilines is 2. The molecule has 0 atom stereocenters. The molecule has 3 aromatic heterocycles. The number of carbonyl (C=O) groups excluding carboxylic acids is 1. The zero-order valence-electron chi connectivity index (χ0n) is 19.2. The van der Waals surface area contributed by atoms with E-state index in [0.29, 0.717) is 41.3 Å². The van der Waals surface area contributed by atoms with Gasteiger partial charge in [0.2, 0.25) is 5.91 Å². The Balaban J connectivity index is 1.37. The summed E-state index contributed by atoms with van der Waals surface area (Å²) in [6, 6.07) is 6.50.